The summed E-state index contributed by atoms with van der Waals surface area (Å²) in [5, 5.41) is 9.10. The van der Waals surface area contributed by atoms with Crippen LogP contribution >= 0.6 is 0 Å². The second-order valence-corrected chi connectivity index (χ2v) is 3.87. The minimum absolute atomic E-state index is 0.384. The van der Waals surface area contributed by atoms with Crippen molar-refractivity contribution in [3.8, 4) is 5.75 Å². The van der Waals surface area contributed by atoms with Crippen LogP contribution in [0.25, 0.3) is 0 Å². The number of benzene rings is 2. The molecule has 2 aromatic carbocycles. The second-order valence-electron chi connectivity index (χ2n) is 3.87. The molecule has 2 rings (SSSR count). The molecule has 0 amide bonds. The molecule has 1 heteroatoms. The predicted octanol–water partition coefficient (Wildman–Crippen LogP) is 4.00. The van der Waals surface area contributed by atoms with Gasteiger partial charge in [0, 0.05) is 0 Å². The smallest absolute Gasteiger partial charge is 0.118 e. The van der Waals surface area contributed by atoms with E-state index < -0.39 is 0 Å². The summed E-state index contributed by atoms with van der Waals surface area (Å²) in [7, 11) is 0. The van der Waals surface area contributed by atoms with Crippen LogP contribution in [-0.4, -0.2) is 5.11 Å². The van der Waals surface area contributed by atoms with Gasteiger partial charge in [0.05, 0.1) is 0 Å². The lowest BCUT2D eigenvalue weighted by Gasteiger charge is -1.99. The van der Waals surface area contributed by atoms with Crippen LogP contribution in [0.3, 0.4) is 0 Å². The summed E-state index contributed by atoms with van der Waals surface area (Å²) in [4.78, 5) is 0. The van der Waals surface area contributed by atoms with Crippen molar-refractivity contribution in [1.29, 1.82) is 0 Å². The molecule has 0 bridgehead atoms. The van der Waals surface area contributed by atoms with Crippen molar-refractivity contribution in [2.45, 2.75) is 20.8 Å². The van der Waals surface area contributed by atoms with Crippen LogP contribution in [0.4, 0.5) is 0 Å². The third-order valence-electron chi connectivity index (χ3n) is 2.52. The molecule has 1 N–H and O–H groups in total. The quantitative estimate of drug-likeness (QED) is 0.702. The maximum absolute atomic E-state index is 9.10. The number of phenolic OH excluding ortho intramolecular Hbond substituents is 1. The van der Waals surface area contributed by atoms with Gasteiger partial charge in [-0.25, -0.2) is 0 Å². The Bertz CT molecular complexity index is 412. The van der Waals surface area contributed by atoms with E-state index in [0.29, 0.717) is 5.75 Å². The highest BCUT2D eigenvalue weighted by atomic mass is 16.3. The van der Waals surface area contributed by atoms with Gasteiger partial charge in [-0.15, -0.1) is 0 Å². The van der Waals surface area contributed by atoms with Gasteiger partial charge >= 0.3 is 0 Å². The van der Waals surface area contributed by atoms with Crippen molar-refractivity contribution in [1.82, 2.24) is 0 Å². The van der Waals surface area contributed by atoms with Crippen molar-refractivity contribution in [2.75, 3.05) is 0 Å². The maximum atomic E-state index is 9.10. The molecule has 0 heterocycles. The standard InChI is InChI=1S/C8H10O.C7H8/c1-6-4-3-5-8(9)7(6)2;1-7-5-3-2-4-6-7/h3-5,9H,1-2H3;2-6H,1H3. The fourth-order valence-electron chi connectivity index (χ4n) is 1.27. The Hall–Kier alpha value is -1.76. The van der Waals surface area contributed by atoms with Crippen molar-refractivity contribution in [3.63, 3.8) is 0 Å². The summed E-state index contributed by atoms with van der Waals surface area (Å²) in [5.41, 5.74) is 3.43. The Morgan fingerprint density at radius 1 is 0.750 bits per heavy atom. The van der Waals surface area contributed by atoms with Crippen LogP contribution in [0.15, 0.2) is 48.5 Å². The van der Waals surface area contributed by atoms with Gasteiger partial charge in [-0.2, -0.15) is 0 Å². The van der Waals surface area contributed by atoms with Gasteiger partial charge < -0.3 is 5.11 Å². The molecule has 0 saturated carbocycles. The van der Waals surface area contributed by atoms with E-state index in [2.05, 4.69) is 19.1 Å². The van der Waals surface area contributed by atoms with E-state index in [1.54, 1.807) is 6.07 Å². The minimum Gasteiger partial charge on any atom is -0.508 e. The number of phenols is 1. The predicted molar refractivity (Wildman–Crippen MR) is 68.8 cm³/mol. The van der Waals surface area contributed by atoms with Gasteiger partial charge in [0.25, 0.3) is 0 Å². The molecule has 0 aromatic heterocycles. The van der Waals surface area contributed by atoms with Crippen LogP contribution in [0, 0.1) is 20.8 Å². The topological polar surface area (TPSA) is 20.2 Å². The van der Waals surface area contributed by atoms with Gasteiger partial charge in [-0.3, -0.25) is 0 Å². The largest absolute Gasteiger partial charge is 0.508 e. The molecular weight excluding hydrogens is 196 g/mol. The van der Waals surface area contributed by atoms with Crippen molar-refractivity contribution < 1.29 is 5.11 Å². The number of rotatable bonds is 0. The molecule has 0 aliphatic carbocycles. The second kappa shape index (κ2) is 5.96. The normalized spacial score (nSPS) is 9.19. The lowest BCUT2D eigenvalue weighted by Crippen LogP contribution is -1.78. The molecule has 0 aliphatic heterocycles. The van der Waals surface area contributed by atoms with E-state index in [1.165, 1.54) is 5.56 Å². The summed E-state index contributed by atoms with van der Waals surface area (Å²) in [5.74, 6) is 0.384. The Morgan fingerprint density at radius 2 is 1.38 bits per heavy atom. The van der Waals surface area contributed by atoms with Crippen LogP contribution in [0.2, 0.25) is 0 Å². The summed E-state index contributed by atoms with van der Waals surface area (Å²) in [6.45, 7) is 5.97. The molecular formula is C15H18O. The third kappa shape index (κ3) is 3.77. The molecule has 1 nitrogen and oxygen atoms in total. The first-order valence-corrected chi connectivity index (χ1v) is 5.38. The summed E-state index contributed by atoms with van der Waals surface area (Å²) < 4.78 is 0. The first-order chi connectivity index (χ1) is 7.61. The van der Waals surface area contributed by atoms with Crippen molar-refractivity contribution >= 4 is 0 Å². The number of hydrogen-bond donors (Lipinski definition) is 1. The first-order valence-electron chi connectivity index (χ1n) is 5.38. The molecule has 0 unspecified atom stereocenters. The van der Waals surface area contributed by atoms with E-state index in [9.17, 15) is 0 Å². The average Bonchev–Trinajstić information content (AvgIpc) is 2.28. The fraction of sp³-hybridized carbons (Fsp3) is 0.200. The lowest BCUT2D eigenvalue weighted by molar-refractivity contribution is 0.470. The molecule has 0 aliphatic rings. The highest BCUT2D eigenvalue weighted by Crippen LogP contribution is 2.17. The van der Waals surface area contributed by atoms with E-state index in [4.69, 9.17) is 5.11 Å². The third-order valence-corrected chi connectivity index (χ3v) is 2.52. The molecule has 0 spiro atoms. The summed E-state index contributed by atoms with van der Waals surface area (Å²) >= 11 is 0. The maximum Gasteiger partial charge on any atom is 0.118 e. The minimum atomic E-state index is 0.384. The molecule has 84 valence electrons. The van der Waals surface area contributed by atoms with Crippen LogP contribution in [0.1, 0.15) is 16.7 Å². The van der Waals surface area contributed by atoms with E-state index >= 15 is 0 Å². The van der Waals surface area contributed by atoms with Gasteiger partial charge in [-0.05, 0) is 38.0 Å². The zero-order chi connectivity index (χ0) is 12.0. The molecule has 0 fully saturated rings. The fourth-order valence-corrected chi connectivity index (χ4v) is 1.27. The summed E-state index contributed by atoms with van der Waals surface area (Å²) in [6.07, 6.45) is 0. The van der Waals surface area contributed by atoms with Crippen LogP contribution in [0.5, 0.6) is 5.75 Å². The van der Waals surface area contributed by atoms with Gasteiger partial charge in [0.2, 0.25) is 0 Å². The number of hydrogen-bond acceptors (Lipinski definition) is 1. The zero-order valence-electron chi connectivity index (χ0n) is 10.1. The molecule has 16 heavy (non-hydrogen) atoms. The number of aromatic hydroxyl groups is 1. The van der Waals surface area contributed by atoms with E-state index in [-0.39, 0.29) is 0 Å². The zero-order valence-corrected chi connectivity index (χ0v) is 10.1. The van der Waals surface area contributed by atoms with Gasteiger partial charge in [0.15, 0.2) is 0 Å². The monoisotopic (exact) mass is 214 g/mol. The Balaban J connectivity index is 0.000000165. The number of aryl methyl sites for hydroxylation is 2. The summed E-state index contributed by atoms with van der Waals surface area (Å²) in [6, 6.07) is 15.8. The Labute approximate surface area is 97.4 Å². The highest BCUT2D eigenvalue weighted by molar-refractivity contribution is 5.36. The van der Waals surface area contributed by atoms with Crippen molar-refractivity contribution in [2.24, 2.45) is 0 Å². The molecule has 0 saturated heterocycles. The van der Waals surface area contributed by atoms with Gasteiger partial charge in [0.1, 0.15) is 5.75 Å². The first kappa shape index (κ1) is 12.3. The van der Waals surface area contributed by atoms with Gasteiger partial charge in [-0.1, -0.05) is 48.0 Å². The van der Waals surface area contributed by atoms with Crippen LogP contribution < -0.4 is 0 Å². The molecule has 0 radical (unpaired) electrons. The SMILES string of the molecule is Cc1cccc(O)c1C.Cc1ccccc1. The highest BCUT2D eigenvalue weighted by Gasteiger charge is 1.94. The lowest BCUT2D eigenvalue weighted by atomic mass is 10.1. The van der Waals surface area contributed by atoms with E-state index in [1.807, 2.05) is 44.2 Å². The average molecular weight is 214 g/mol. The van der Waals surface area contributed by atoms with Crippen molar-refractivity contribution in [3.05, 3.63) is 65.2 Å². The molecule has 0 atom stereocenters. The van der Waals surface area contributed by atoms with Crippen LogP contribution in [-0.2, 0) is 0 Å². The Kier molecular flexibility index (Phi) is 4.59. The molecule has 2 aromatic rings. The van der Waals surface area contributed by atoms with E-state index in [0.717, 1.165) is 11.1 Å². The Morgan fingerprint density at radius 3 is 1.75 bits per heavy atom.